The van der Waals surface area contributed by atoms with Crippen molar-refractivity contribution in [2.45, 2.75) is 32.2 Å². The molecule has 1 aliphatic carbocycles. The first-order valence-electron chi connectivity index (χ1n) is 7.31. The van der Waals surface area contributed by atoms with E-state index in [2.05, 4.69) is 18.9 Å². The lowest BCUT2D eigenvalue weighted by molar-refractivity contribution is 0.0885. The van der Waals surface area contributed by atoms with Gasteiger partial charge in [0.1, 0.15) is 11.5 Å². The largest absolute Gasteiger partial charge is 0.464 e. The van der Waals surface area contributed by atoms with Crippen LogP contribution in [0.3, 0.4) is 0 Å². The van der Waals surface area contributed by atoms with Crippen LogP contribution < -0.4 is 5.73 Å². The van der Waals surface area contributed by atoms with Crippen molar-refractivity contribution in [3.63, 3.8) is 0 Å². The molecule has 0 radical (unpaired) electrons. The molecule has 0 amide bonds. The highest BCUT2D eigenvalue weighted by atomic mass is 16.5. The molecule has 1 saturated carbocycles. The van der Waals surface area contributed by atoms with Crippen molar-refractivity contribution in [3.05, 3.63) is 23.7 Å². The molecular formula is C15H26N2O2. The van der Waals surface area contributed by atoms with Gasteiger partial charge in [0.2, 0.25) is 0 Å². The molecular weight excluding hydrogens is 240 g/mol. The van der Waals surface area contributed by atoms with Crippen molar-refractivity contribution >= 4 is 0 Å². The number of nitrogens with two attached hydrogens (primary N) is 1. The van der Waals surface area contributed by atoms with Gasteiger partial charge >= 0.3 is 0 Å². The first-order chi connectivity index (χ1) is 9.24. The molecule has 4 nitrogen and oxygen atoms in total. The van der Waals surface area contributed by atoms with Crippen LogP contribution in [0.2, 0.25) is 0 Å². The number of rotatable bonds is 9. The van der Waals surface area contributed by atoms with Crippen LogP contribution in [0, 0.1) is 5.92 Å². The monoisotopic (exact) mass is 266 g/mol. The number of furan rings is 1. The van der Waals surface area contributed by atoms with Gasteiger partial charge in [0.15, 0.2) is 0 Å². The number of ether oxygens (including phenoxy) is 1. The number of likely N-dealkylation sites (N-methyl/N-ethyl adjacent to an activating group) is 1. The Balaban J connectivity index is 1.77. The van der Waals surface area contributed by atoms with Crippen molar-refractivity contribution in [1.29, 1.82) is 0 Å². The first-order valence-corrected chi connectivity index (χ1v) is 7.31. The summed E-state index contributed by atoms with van der Waals surface area (Å²) in [5.41, 5.74) is 5.88. The maximum atomic E-state index is 5.88. The average Bonchev–Trinajstić information content (AvgIpc) is 3.12. The van der Waals surface area contributed by atoms with Crippen molar-refractivity contribution in [1.82, 2.24) is 4.90 Å². The van der Waals surface area contributed by atoms with E-state index in [1.54, 1.807) is 0 Å². The Morgan fingerprint density at radius 3 is 2.84 bits per heavy atom. The number of aryl methyl sites for hydroxylation is 1. The summed E-state index contributed by atoms with van der Waals surface area (Å²) >= 11 is 0. The molecule has 1 aliphatic rings. The third kappa shape index (κ3) is 4.34. The summed E-state index contributed by atoms with van der Waals surface area (Å²) in [6.07, 6.45) is 3.60. The molecule has 1 aromatic rings. The smallest absolute Gasteiger partial charge is 0.122 e. The van der Waals surface area contributed by atoms with E-state index in [1.165, 1.54) is 12.8 Å². The molecule has 4 heteroatoms. The van der Waals surface area contributed by atoms with Crippen LogP contribution in [-0.2, 0) is 11.2 Å². The van der Waals surface area contributed by atoms with E-state index in [4.69, 9.17) is 14.9 Å². The molecule has 1 atom stereocenters. The predicted octanol–water partition coefficient (Wildman–Crippen LogP) is 2.20. The third-order valence-corrected chi connectivity index (χ3v) is 3.75. The Labute approximate surface area is 115 Å². The highest BCUT2D eigenvalue weighted by Gasteiger charge is 2.22. The molecule has 1 aromatic heterocycles. The summed E-state index contributed by atoms with van der Waals surface area (Å²) in [4.78, 5) is 2.21. The van der Waals surface area contributed by atoms with Crippen molar-refractivity contribution in [3.8, 4) is 0 Å². The molecule has 1 unspecified atom stereocenters. The summed E-state index contributed by atoms with van der Waals surface area (Å²) in [6.45, 7) is 5.23. The quantitative estimate of drug-likeness (QED) is 0.696. The van der Waals surface area contributed by atoms with Gasteiger partial charge in [0, 0.05) is 26.1 Å². The van der Waals surface area contributed by atoms with Gasteiger partial charge in [-0.3, -0.25) is 4.90 Å². The van der Waals surface area contributed by atoms with Crippen LogP contribution >= 0.6 is 0 Å². The molecule has 0 saturated heterocycles. The van der Waals surface area contributed by atoms with E-state index >= 15 is 0 Å². The molecule has 1 fully saturated rings. The minimum Gasteiger partial charge on any atom is -0.464 e. The lowest BCUT2D eigenvalue weighted by atomic mass is 10.2. The highest BCUT2D eigenvalue weighted by molar-refractivity contribution is 5.11. The molecule has 2 N–H and O–H groups in total. The van der Waals surface area contributed by atoms with Gasteiger partial charge < -0.3 is 14.9 Å². The van der Waals surface area contributed by atoms with Crippen LogP contribution in [0.4, 0.5) is 0 Å². The standard InChI is InChI=1S/C15H26N2O2/c1-3-13-6-7-15(19-13)14(10-16)17(2)8-9-18-11-12-4-5-12/h6-7,12,14H,3-5,8-11,16H2,1-2H3. The molecule has 0 aliphatic heterocycles. The van der Waals surface area contributed by atoms with Gasteiger partial charge in [0.25, 0.3) is 0 Å². The van der Waals surface area contributed by atoms with Crippen LogP contribution in [0.5, 0.6) is 0 Å². The summed E-state index contributed by atoms with van der Waals surface area (Å²) in [5.74, 6) is 2.81. The molecule has 0 bridgehead atoms. The zero-order valence-corrected chi connectivity index (χ0v) is 12.1. The number of hydrogen-bond acceptors (Lipinski definition) is 4. The van der Waals surface area contributed by atoms with Crippen molar-refractivity contribution < 1.29 is 9.15 Å². The summed E-state index contributed by atoms with van der Waals surface area (Å²) in [6, 6.07) is 4.22. The van der Waals surface area contributed by atoms with Gasteiger partial charge in [-0.15, -0.1) is 0 Å². The summed E-state index contributed by atoms with van der Waals surface area (Å²) < 4.78 is 11.5. The lowest BCUT2D eigenvalue weighted by Crippen LogP contribution is -2.33. The fourth-order valence-corrected chi connectivity index (χ4v) is 2.18. The van der Waals surface area contributed by atoms with Crippen molar-refractivity contribution in [2.75, 3.05) is 33.4 Å². The lowest BCUT2D eigenvalue weighted by Gasteiger charge is -2.25. The van der Waals surface area contributed by atoms with Crippen LogP contribution in [0.15, 0.2) is 16.5 Å². The molecule has 2 rings (SSSR count). The van der Waals surface area contributed by atoms with Gasteiger partial charge in [-0.1, -0.05) is 6.92 Å². The molecule has 1 heterocycles. The zero-order valence-electron chi connectivity index (χ0n) is 12.1. The number of hydrogen-bond donors (Lipinski definition) is 1. The Morgan fingerprint density at radius 1 is 1.47 bits per heavy atom. The van der Waals surface area contributed by atoms with E-state index in [1.807, 2.05) is 12.1 Å². The Kier molecular flexibility index (Phi) is 5.43. The maximum Gasteiger partial charge on any atom is 0.122 e. The van der Waals surface area contributed by atoms with Crippen LogP contribution in [0.25, 0.3) is 0 Å². The zero-order chi connectivity index (χ0) is 13.7. The van der Waals surface area contributed by atoms with Crippen LogP contribution in [-0.4, -0.2) is 38.3 Å². The first kappa shape index (κ1) is 14.6. The van der Waals surface area contributed by atoms with E-state index < -0.39 is 0 Å². The topological polar surface area (TPSA) is 51.6 Å². The second kappa shape index (κ2) is 7.08. The van der Waals surface area contributed by atoms with Gasteiger partial charge in [-0.25, -0.2) is 0 Å². The maximum absolute atomic E-state index is 5.88. The van der Waals surface area contributed by atoms with Crippen LogP contribution in [0.1, 0.15) is 37.3 Å². The Bertz CT molecular complexity index is 374. The molecule has 19 heavy (non-hydrogen) atoms. The van der Waals surface area contributed by atoms with Gasteiger partial charge in [-0.2, -0.15) is 0 Å². The van der Waals surface area contributed by atoms with Gasteiger partial charge in [0.05, 0.1) is 12.6 Å². The van der Waals surface area contributed by atoms with E-state index in [-0.39, 0.29) is 6.04 Å². The molecule has 0 spiro atoms. The van der Waals surface area contributed by atoms with Crippen molar-refractivity contribution in [2.24, 2.45) is 11.7 Å². The SMILES string of the molecule is CCc1ccc(C(CN)N(C)CCOCC2CC2)o1. The average molecular weight is 266 g/mol. The Morgan fingerprint density at radius 2 is 2.26 bits per heavy atom. The minimum absolute atomic E-state index is 0.143. The fraction of sp³-hybridized carbons (Fsp3) is 0.733. The normalized spacial score (nSPS) is 17.1. The summed E-state index contributed by atoms with van der Waals surface area (Å²) in [5, 5.41) is 0. The van der Waals surface area contributed by atoms with E-state index in [0.29, 0.717) is 6.54 Å². The molecule has 108 valence electrons. The van der Waals surface area contributed by atoms with E-state index in [9.17, 15) is 0 Å². The van der Waals surface area contributed by atoms with Gasteiger partial charge in [-0.05, 0) is 37.9 Å². The number of nitrogens with zero attached hydrogens (tertiary/aromatic N) is 1. The summed E-state index contributed by atoms with van der Waals surface area (Å²) in [7, 11) is 2.08. The minimum atomic E-state index is 0.143. The second-order valence-electron chi connectivity index (χ2n) is 5.41. The third-order valence-electron chi connectivity index (χ3n) is 3.75. The molecule has 0 aromatic carbocycles. The van der Waals surface area contributed by atoms with E-state index in [0.717, 1.165) is 43.6 Å². The highest BCUT2D eigenvalue weighted by Crippen LogP contribution is 2.28. The predicted molar refractivity (Wildman–Crippen MR) is 76.1 cm³/mol. The Hall–Kier alpha value is -0.840. The fourth-order valence-electron chi connectivity index (χ4n) is 2.18. The second-order valence-corrected chi connectivity index (χ2v) is 5.41.